The van der Waals surface area contributed by atoms with Crippen molar-refractivity contribution in [3.05, 3.63) is 29.8 Å². The van der Waals surface area contributed by atoms with Crippen LogP contribution >= 0.6 is 0 Å². The molecule has 2 rings (SSSR count). The lowest BCUT2D eigenvalue weighted by Crippen LogP contribution is -2.36. The van der Waals surface area contributed by atoms with Crippen LogP contribution in [0.25, 0.3) is 0 Å². The van der Waals surface area contributed by atoms with Gasteiger partial charge in [-0.25, -0.2) is 4.79 Å². The van der Waals surface area contributed by atoms with E-state index in [9.17, 15) is 14.4 Å². The molecule has 1 saturated carbocycles. The van der Waals surface area contributed by atoms with E-state index in [1.807, 2.05) is 0 Å². The Hall–Kier alpha value is -2.37. The fourth-order valence-corrected chi connectivity index (χ4v) is 3.36. The number of benzene rings is 1. The molecule has 0 bridgehead atoms. The summed E-state index contributed by atoms with van der Waals surface area (Å²) in [6, 6.07) is 6.81. The molecule has 1 aliphatic carbocycles. The van der Waals surface area contributed by atoms with Crippen molar-refractivity contribution in [2.45, 2.75) is 46.0 Å². The summed E-state index contributed by atoms with van der Waals surface area (Å²) in [4.78, 5) is 36.6. The minimum atomic E-state index is -0.479. The first-order valence-electron chi connectivity index (χ1n) is 9.68. The second-order valence-electron chi connectivity index (χ2n) is 7.55. The van der Waals surface area contributed by atoms with Gasteiger partial charge in [0.2, 0.25) is 11.8 Å². The predicted octanol–water partition coefficient (Wildman–Crippen LogP) is 3.38. The topological polar surface area (TPSA) is 84.5 Å². The Labute approximate surface area is 161 Å². The lowest BCUT2D eigenvalue weighted by molar-refractivity contribution is -0.128. The number of methoxy groups -OCH3 is 1. The van der Waals surface area contributed by atoms with Gasteiger partial charge in [0.1, 0.15) is 0 Å². The second-order valence-corrected chi connectivity index (χ2v) is 7.55. The standard InChI is InChI=1S/C21H30N2O4/c1-14(2)12-13-22-19(24)15-8-10-16(11-9-15)20(25)23-18-7-5-4-6-17(18)21(26)27-3/h4-7,14-16H,8-13H2,1-3H3,(H,22,24)(H,23,25). The number of hydrogen-bond acceptors (Lipinski definition) is 4. The molecule has 0 aromatic heterocycles. The summed E-state index contributed by atoms with van der Waals surface area (Å²) in [5.41, 5.74) is 0.800. The van der Waals surface area contributed by atoms with Crippen LogP contribution in [-0.2, 0) is 14.3 Å². The highest BCUT2D eigenvalue weighted by atomic mass is 16.5. The van der Waals surface area contributed by atoms with Crippen molar-refractivity contribution in [3.8, 4) is 0 Å². The lowest BCUT2D eigenvalue weighted by atomic mass is 9.81. The Morgan fingerprint density at radius 3 is 2.22 bits per heavy atom. The van der Waals surface area contributed by atoms with Gasteiger partial charge in [-0.2, -0.15) is 0 Å². The SMILES string of the molecule is COC(=O)c1ccccc1NC(=O)C1CCC(C(=O)NCCC(C)C)CC1. The first-order valence-corrected chi connectivity index (χ1v) is 9.68. The Morgan fingerprint density at radius 1 is 1.04 bits per heavy atom. The predicted molar refractivity (Wildman–Crippen MR) is 104 cm³/mol. The van der Waals surface area contributed by atoms with Gasteiger partial charge in [0.15, 0.2) is 0 Å². The first kappa shape index (κ1) is 20.9. The van der Waals surface area contributed by atoms with Gasteiger partial charge >= 0.3 is 5.97 Å². The molecule has 1 aromatic carbocycles. The van der Waals surface area contributed by atoms with Crippen molar-refractivity contribution >= 4 is 23.5 Å². The lowest BCUT2D eigenvalue weighted by Gasteiger charge is -2.27. The molecule has 0 heterocycles. The number of hydrogen-bond donors (Lipinski definition) is 2. The van der Waals surface area contributed by atoms with E-state index in [0.29, 0.717) is 49.4 Å². The van der Waals surface area contributed by atoms with Crippen molar-refractivity contribution in [3.63, 3.8) is 0 Å². The van der Waals surface area contributed by atoms with Crippen LogP contribution in [0.2, 0.25) is 0 Å². The molecule has 148 valence electrons. The number of nitrogens with one attached hydrogen (secondary N) is 2. The maximum Gasteiger partial charge on any atom is 0.339 e. The van der Waals surface area contributed by atoms with Gasteiger partial charge in [0, 0.05) is 18.4 Å². The van der Waals surface area contributed by atoms with E-state index in [1.54, 1.807) is 24.3 Å². The minimum absolute atomic E-state index is 0.0106. The van der Waals surface area contributed by atoms with Crippen LogP contribution in [0.15, 0.2) is 24.3 Å². The highest BCUT2D eigenvalue weighted by Crippen LogP contribution is 2.30. The monoisotopic (exact) mass is 374 g/mol. The summed E-state index contributed by atoms with van der Waals surface area (Å²) in [7, 11) is 1.31. The number of ether oxygens (including phenoxy) is 1. The average Bonchev–Trinajstić information content (AvgIpc) is 2.67. The molecule has 0 aliphatic heterocycles. The maximum absolute atomic E-state index is 12.6. The van der Waals surface area contributed by atoms with Crippen molar-refractivity contribution in [1.82, 2.24) is 5.32 Å². The smallest absolute Gasteiger partial charge is 0.339 e. The van der Waals surface area contributed by atoms with Gasteiger partial charge in [0.25, 0.3) is 0 Å². The normalized spacial score (nSPS) is 19.4. The van der Waals surface area contributed by atoms with E-state index < -0.39 is 5.97 Å². The minimum Gasteiger partial charge on any atom is -0.465 e. The van der Waals surface area contributed by atoms with Gasteiger partial charge in [-0.05, 0) is 50.2 Å². The molecule has 2 amide bonds. The van der Waals surface area contributed by atoms with E-state index >= 15 is 0 Å². The van der Waals surface area contributed by atoms with Gasteiger partial charge in [0.05, 0.1) is 18.4 Å². The molecule has 6 nitrogen and oxygen atoms in total. The quantitative estimate of drug-likeness (QED) is 0.717. The van der Waals surface area contributed by atoms with E-state index in [1.165, 1.54) is 7.11 Å². The fourth-order valence-electron chi connectivity index (χ4n) is 3.36. The van der Waals surface area contributed by atoms with Gasteiger partial charge in [-0.1, -0.05) is 26.0 Å². The van der Waals surface area contributed by atoms with Crippen LogP contribution in [-0.4, -0.2) is 31.4 Å². The number of rotatable bonds is 7. The molecule has 1 aromatic rings. The largest absolute Gasteiger partial charge is 0.465 e. The zero-order chi connectivity index (χ0) is 19.8. The van der Waals surface area contributed by atoms with Crippen LogP contribution in [0.5, 0.6) is 0 Å². The number of amides is 2. The molecule has 0 saturated heterocycles. The number of esters is 1. The highest BCUT2D eigenvalue weighted by molar-refractivity contribution is 6.01. The van der Waals surface area contributed by atoms with E-state index in [2.05, 4.69) is 24.5 Å². The molecule has 6 heteroatoms. The Kier molecular flexibility index (Phi) is 7.82. The van der Waals surface area contributed by atoms with Gasteiger partial charge < -0.3 is 15.4 Å². The van der Waals surface area contributed by atoms with E-state index in [0.717, 1.165) is 6.42 Å². The third-order valence-corrected chi connectivity index (χ3v) is 5.08. The molecule has 2 N–H and O–H groups in total. The molecule has 0 spiro atoms. The zero-order valence-corrected chi connectivity index (χ0v) is 16.4. The summed E-state index contributed by atoms with van der Waals surface area (Å²) in [5.74, 6) is -0.0696. The number of para-hydroxylation sites is 1. The van der Waals surface area contributed by atoms with Gasteiger partial charge in [-0.3, -0.25) is 9.59 Å². The van der Waals surface area contributed by atoms with Crippen LogP contribution in [0.1, 0.15) is 56.3 Å². The van der Waals surface area contributed by atoms with Crippen molar-refractivity contribution in [2.24, 2.45) is 17.8 Å². The van der Waals surface area contributed by atoms with Crippen molar-refractivity contribution in [2.75, 3.05) is 19.0 Å². The number of carbonyl (C=O) groups is 3. The van der Waals surface area contributed by atoms with E-state index in [-0.39, 0.29) is 23.7 Å². The van der Waals surface area contributed by atoms with Crippen molar-refractivity contribution < 1.29 is 19.1 Å². The Morgan fingerprint density at radius 2 is 1.63 bits per heavy atom. The number of carbonyl (C=O) groups excluding carboxylic acids is 3. The average molecular weight is 374 g/mol. The molecular formula is C21H30N2O4. The summed E-state index contributed by atoms with van der Waals surface area (Å²) in [5, 5.41) is 5.85. The number of anilines is 1. The maximum atomic E-state index is 12.6. The molecule has 0 unspecified atom stereocenters. The van der Waals surface area contributed by atoms with Crippen LogP contribution in [0, 0.1) is 17.8 Å². The summed E-state index contributed by atoms with van der Waals surface area (Å²) in [6.45, 7) is 4.98. The van der Waals surface area contributed by atoms with Gasteiger partial charge in [-0.15, -0.1) is 0 Å². The molecular weight excluding hydrogens is 344 g/mol. The third kappa shape index (κ3) is 6.08. The summed E-state index contributed by atoms with van der Waals surface area (Å²) >= 11 is 0. The third-order valence-electron chi connectivity index (χ3n) is 5.08. The van der Waals surface area contributed by atoms with Crippen LogP contribution in [0.4, 0.5) is 5.69 Å². The molecule has 1 aliphatic rings. The Balaban J connectivity index is 1.85. The summed E-state index contributed by atoms with van der Waals surface area (Å²) in [6.07, 6.45) is 3.75. The Bertz CT molecular complexity index is 664. The van der Waals surface area contributed by atoms with Crippen molar-refractivity contribution in [1.29, 1.82) is 0 Å². The fraction of sp³-hybridized carbons (Fsp3) is 0.571. The summed E-state index contributed by atoms with van der Waals surface area (Å²) < 4.78 is 4.76. The zero-order valence-electron chi connectivity index (χ0n) is 16.4. The first-order chi connectivity index (χ1) is 12.9. The molecule has 0 atom stereocenters. The molecule has 27 heavy (non-hydrogen) atoms. The molecule has 1 fully saturated rings. The van der Waals surface area contributed by atoms with Crippen LogP contribution in [0.3, 0.4) is 0 Å². The molecule has 0 radical (unpaired) electrons. The van der Waals surface area contributed by atoms with E-state index in [4.69, 9.17) is 4.74 Å². The highest BCUT2D eigenvalue weighted by Gasteiger charge is 2.30. The van der Waals surface area contributed by atoms with Crippen LogP contribution < -0.4 is 10.6 Å². The second kappa shape index (κ2) is 10.1.